The maximum atomic E-state index is 9.92. The zero-order chi connectivity index (χ0) is 13.1. The monoisotopic (exact) mass is 258 g/mol. The molecule has 5 heteroatoms. The van der Waals surface area contributed by atoms with Crippen LogP contribution in [0, 0.1) is 5.92 Å². The molecule has 0 radical (unpaired) electrons. The number of hydrogen-bond acceptors (Lipinski definition) is 5. The second kappa shape index (κ2) is 3.90. The molecule has 3 heterocycles. The van der Waals surface area contributed by atoms with Gasteiger partial charge in [0.1, 0.15) is 12.2 Å². The Bertz CT molecular complexity index is 340. The zero-order valence-corrected chi connectivity index (χ0v) is 11.4. The molecule has 104 valence electrons. The second-order valence-corrected chi connectivity index (χ2v) is 6.59. The molecule has 3 saturated heterocycles. The summed E-state index contributed by atoms with van der Waals surface area (Å²) in [6, 6.07) is 0. The molecule has 0 aromatic rings. The minimum atomic E-state index is -0.898. The predicted octanol–water partition coefficient (Wildman–Crippen LogP) is 1.04. The molecule has 0 spiro atoms. The Balaban J connectivity index is 1.75. The Hall–Kier alpha value is -0.200. The van der Waals surface area contributed by atoms with Crippen LogP contribution in [-0.4, -0.2) is 47.7 Å². The van der Waals surface area contributed by atoms with Gasteiger partial charge in [-0.25, -0.2) is 0 Å². The molecule has 5 atom stereocenters. The molecule has 0 aliphatic carbocycles. The third-order valence-electron chi connectivity index (χ3n) is 3.97. The molecule has 0 aromatic carbocycles. The molecule has 1 N–H and O–H groups in total. The van der Waals surface area contributed by atoms with Gasteiger partial charge < -0.3 is 24.1 Å². The minimum absolute atomic E-state index is 0.119. The third kappa shape index (κ3) is 2.08. The number of aliphatic hydroxyl groups is 1. The molecule has 3 aliphatic rings. The maximum Gasteiger partial charge on any atom is 0.184 e. The number of fused-ring (bicyclic) bond motifs is 1. The summed E-state index contributed by atoms with van der Waals surface area (Å²) in [4.78, 5) is 0. The topological polar surface area (TPSA) is 57.2 Å². The first kappa shape index (κ1) is 12.8. The van der Waals surface area contributed by atoms with Crippen LogP contribution in [0.5, 0.6) is 0 Å². The van der Waals surface area contributed by atoms with Gasteiger partial charge in [-0.15, -0.1) is 0 Å². The van der Waals surface area contributed by atoms with Gasteiger partial charge in [-0.1, -0.05) is 0 Å². The molecule has 0 saturated carbocycles. The van der Waals surface area contributed by atoms with Crippen molar-refractivity contribution in [1.29, 1.82) is 0 Å². The maximum absolute atomic E-state index is 9.92. The number of ether oxygens (including phenoxy) is 4. The molecule has 5 nitrogen and oxygen atoms in total. The van der Waals surface area contributed by atoms with Crippen LogP contribution in [0.4, 0.5) is 0 Å². The average Bonchev–Trinajstić information content (AvgIpc) is 2.81. The SMILES string of the molecule is CC1(C)C[C@@H]([C@H]2O[C@H](O)[C@H]3OC(C)(C)O[C@@H]23)CO1. The number of rotatable bonds is 1. The Morgan fingerprint density at radius 2 is 1.67 bits per heavy atom. The van der Waals surface area contributed by atoms with Crippen molar-refractivity contribution >= 4 is 0 Å². The lowest BCUT2D eigenvalue weighted by Crippen LogP contribution is -2.36. The summed E-state index contributed by atoms with van der Waals surface area (Å²) in [5, 5.41) is 9.92. The Labute approximate surface area is 107 Å². The number of aliphatic hydroxyl groups excluding tert-OH is 1. The third-order valence-corrected chi connectivity index (χ3v) is 3.97. The minimum Gasteiger partial charge on any atom is -0.375 e. The molecular formula is C13H22O5. The van der Waals surface area contributed by atoms with E-state index in [1.807, 2.05) is 13.8 Å². The molecule has 0 amide bonds. The van der Waals surface area contributed by atoms with Crippen molar-refractivity contribution in [3.8, 4) is 0 Å². The first-order valence-corrected chi connectivity index (χ1v) is 6.61. The van der Waals surface area contributed by atoms with E-state index in [2.05, 4.69) is 13.8 Å². The summed E-state index contributed by atoms with van der Waals surface area (Å²) in [5.74, 6) is -0.394. The number of hydrogen-bond donors (Lipinski definition) is 1. The van der Waals surface area contributed by atoms with E-state index < -0.39 is 12.1 Å². The van der Waals surface area contributed by atoms with Crippen molar-refractivity contribution in [2.45, 2.75) is 70.1 Å². The van der Waals surface area contributed by atoms with E-state index >= 15 is 0 Å². The van der Waals surface area contributed by atoms with E-state index in [4.69, 9.17) is 18.9 Å². The quantitative estimate of drug-likeness (QED) is 0.761. The van der Waals surface area contributed by atoms with Gasteiger partial charge in [0, 0.05) is 5.92 Å². The second-order valence-electron chi connectivity index (χ2n) is 6.59. The first-order chi connectivity index (χ1) is 8.27. The van der Waals surface area contributed by atoms with Gasteiger partial charge in [-0.3, -0.25) is 0 Å². The predicted molar refractivity (Wildman–Crippen MR) is 62.8 cm³/mol. The van der Waals surface area contributed by atoms with E-state index in [0.717, 1.165) is 6.42 Å². The Morgan fingerprint density at radius 3 is 2.28 bits per heavy atom. The van der Waals surface area contributed by atoms with Crippen molar-refractivity contribution in [2.24, 2.45) is 5.92 Å². The standard InChI is InChI=1S/C13H22O5/c1-12(2)5-7(6-15-12)8-9-10(11(14)16-8)18-13(3,4)17-9/h7-11,14H,5-6H2,1-4H3/t7-,8-,9+,10+,11+/m1/s1. The van der Waals surface area contributed by atoms with Gasteiger partial charge in [0.05, 0.1) is 18.3 Å². The summed E-state index contributed by atoms with van der Waals surface area (Å²) < 4.78 is 22.9. The summed E-state index contributed by atoms with van der Waals surface area (Å²) in [5.41, 5.74) is -0.119. The van der Waals surface area contributed by atoms with Crippen LogP contribution < -0.4 is 0 Å². The van der Waals surface area contributed by atoms with Crippen molar-refractivity contribution in [2.75, 3.05) is 6.61 Å². The molecule has 0 bridgehead atoms. The normalized spacial score (nSPS) is 49.5. The van der Waals surface area contributed by atoms with Crippen molar-refractivity contribution in [1.82, 2.24) is 0 Å². The zero-order valence-electron chi connectivity index (χ0n) is 11.4. The van der Waals surface area contributed by atoms with Crippen LogP contribution in [0.1, 0.15) is 34.1 Å². The molecule has 3 rings (SSSR count). The summed E-state index contributed by atoms with van der Waals surface area (Å²) in [6.07, 6.45) is -0.706. The fourth-order valence-corrected chi connectivity index (χ4v) is 3.28. The molecule has 3 aliphatic heterocycles. The fraction of sp³-hybridized carbons (Fsp3) is 1.00. The summed E-state index contributed by atoms with van der Waals surface area (Å²) >= 11 is 0. The summed E-state index contributed by atoms with van der Waals surface area (Å²) in [6.45, 7) is 8.53. The van der Waals surface area contributed by atoms with E-state index in [9.17, 15) is 5.11 Å². The lowest BCUT2D eigenvalue weighted by Gasteiger charge is -2.25. The highest BCUT2D eigenvalue weighted by Gasteiger charge is 2.57. The molecule has 0 unspecified atom stereocenters. The largest absolute Gasteiger partial charge is 0.375 e. The van der Waals surface area contributed by atoms with Crippen LogP contribution in [0.3, 0.4) is 0 Å². The van der Waals surface area contributed by atoms with Crippen LogP contribution in [0.25, 0.3) is 0 Å². The van der Waals surface area contributed by atoms with Crippen molar-refractivity contribution in [3.05, 3.63) is 0 Å². The lowest BCUT2D eigenvalue weighted by molar-refractivity contribution is -0.225. The van der Waals surface area contributed by atoms with E-state index in [0.29, 0.717) is 6.61 Å². The van der Waals surface area contributed by atoms with Gasteiger partial charge in [0.25, 0.3) is 0 Å². The van der Waals surface area contributed by atoms with Crippen LogP contribution in [-0.2, 0) is 18.9 Å². The molecule has 18 heavy (non-hydrogen) atoms. The molecule has 3 fully saturated rings. The smallest absolute Gasteiger partial charge is 0.184 e. The lowest BCUT2D eigenvalue weighted by atomic mass is 9.90. The van der Waals surface area contributed by atoms with Gasteiger partial charge in [-0.2, -0.15) is 0 Å². The Kier molecular flexibility index (Phi) is 2.78. The fourth-order valence-electron chi connectivity index (χ4n) is 3.28. The van der Waals surface area contributed by atoms with E-state index in [1.165, 1.54) is 0 Å². The average molecular weight is 258 g/mol. The van der Waals surface area contributed by atoms with Crippen molar-refractivity contribution in [3.63, 3.8) is 0 Å². The molecule has 0 aromatic heterocycles. The van der Waals surface area contributed by atoms with Crippen LogP contribution in [0.15, 0.2) is 0 Å². The van der Waals surface area contributed by atoms with Crippen LogP contribution in [0.2, 0.25) is 0 Å². The van der Waals surface area contributed by atoms with Gasteiger partial charge >= 0.3 is 0 Å². The summed E-state index contributed by atoms with van der Waals surface area (Å²) in [7, 11) is 0. The molecular weight excluding hydrogens is 236 g/mol. The highest BCUT2D eigenvalue weighted by molar-refractivity contribution is 4.99. The van der Waals surface area contributed by atoms with Crippen molar-refractivity contribution < 1.29 is 24.1 Å². The van der Waals surface area contributed by atoms with Crippen LogP contribution >= 0.6 is 0 Å². The highest BCUT2D eigenvalue weighted by atomic mass is 16.8. The van der Waals surface area contributed by atoms with Gasteiger partial charge in [-0.05, 0) is 34.1 Å². The van der Waals surface area contributed by atoms with Gasteiger partial charge in [0.2, 0.25) is 0 Å². The Morgan fingerprint density at radius 1 is 1.00 bits per heavy atom. The van der Waals surface area contributed by atoms with E-state index in [1.54, 1.807) is 0 Å². The highest BCUT2D eigenvalue weighted by Crippen LogP contribution is 2.43. The van der Waals surface area contributed by atoms with E-state index in [-0.39, 0.29) is 29.8 Å². The first-order valence-electron chi connectivity index (χ1n) is 6.61. The van der Waals surface area contributed by atoms with Gasteiger partial charge in [0.15, 0.2) is 12.1 Å².